The van der Waals surface area contributed by atoms with Crippen LogP contribution in [0.5, 0.6) is 5.75 Å². The molecule has 1 atom stereocenters. The summed E-state index contributed by atoms with van der Waals surface area (Å²) in [7, 11) is 1.68. The highest BCUT2D eigenvalue weighted by molar-refractivity contribution is 5.94. The van der Waals surface area contributed by atoms with Gasteiger partial charge in [0.25, 0.3) is 5.91 Å². The minimum absolute atomic E-state index is 0.0578. The molecule has 1 saturated heterocycles. The van der Waals surface area contributed by atoms with E-state index in [0.717, 1.165) is 35.6 Å². The summed E-state index contributed by atoms with van der Waals surface area (Å²) in [6.07, 6.45) is 5.49. The number of piperidine rings is 1. The lowest BCUT2D eigenvalue weighted by Crippen LogP contribution is -2.40. The van der Waals surface area contributed by atoms with Gasteiger partial charge in [-0.1, -0.05) is 30.7 Å². The van der Waals surface area contributed by atoms with E-state index in [1.165, 1.54) is 24.8 Å². The molecule has 5 rings (SSSR count). The van der Waals surface area contributed by atoms with E-state index in [-0.39, 0.29) is 11.9 Å². The second-order valence-corrected chi connectivity index (χ2v) is 8.75. The van der Waals surface area contributed by atoms with Crippen LogP contribution >= 0.6 is 0 Å². The quantitative estimate of drug-likeness (QED) is 0.427. The smallest absolute Gasteiger partial charge is 0.251 e. The molecule has 2 heterocycles. The number of nitrogens with zero attached hydrogens (tertiary/aromatic N) is 3. The number of hydrogen-bond donors (Lipinski definition) is 1. The van der Waals surface area contributed by atoms with E-state index in [9.17, 15) is 4.79 Å². The Hall–Kier alpha value is -3.64. The van der Waals surface area contributed by atoms with Gasteiger partial charge in [-0.15, -0.1) is 0 Å². The number of likely N-dealkylation sites (tertiary alicyclic amines) is 1. The monoisotopic (exact) mass is 454 g/mol. The number of benzene rings is 3. The number of amides is 1. The van der Waals surface area contributed by atoms with Crippen molar-refractivity contribution in [2.75, 3.05) is 26.7 Å². The number of fused-ring (bicyclic) bond motifs is 1. The van der Waals surface area contributed by atoms with Crippen molar-refractivity contribution in [3.63, 3.8) is 0 Å². The number of imidazole rings is 1. The van der Waals surface area contributed by atoms with Crippen LogP contribution in [0.3, 0.4) is 0 Å². The van der Waals surface area contributed by atoms with Crippen LogP contribution in [0, 0.1) is 0 Å². The number of aromatic nitrogens is 2. The van der Waals surface area contributed by atoms with Gasteiger partial charge in [0.15, 0.2) is 0 Å². The fourth-order valence-electron chi connectivity index (χ4n) is 4.74. The van der Waals surface area contributed by atoms with Crippen LogP contribution in [0.15, 0.2) is 79.1 Å². The Balaban J connectivity index is 1.29. The maximum Gasteiger partial charge on any atom is 0.251 e. The van der Waals surface area contributed by atoms with Crippen molar-refractivity contribution >= 4 is 16.9 Å². The summed E-state index contributed by atoms with van der Waals surface area (Å²) in [6, 6.07) is 24.1. The van der Waals surface area contributed by atoms with E-state index in [2.05, 4.69) is 27.3 Å². The third-order valence-corrected chi connectivity index (χ3v) is 6.65. The van der Waals surface area contributed by atoms with Crippen LogP contribution in [0.2, 0.25) is 0 Å². The van der Waals surface area contributed by atoms with E-state index in [1.807, 2.05) is 71.6 Å². The third-order valence-electron chi connectivity index (χ3n) is 6.65. The van der Waals surface area contributed by atoms with Crippen molar-refractivity contribution in [3.05, 3.63) is 90.3 Å². The molecule has 1 aliphatic heterocycles. The first kappa shape index (κ1) is 22.2. The predicted molar refractivity (Wildman–Crippen MR) is 135 cm³/mol. The van der Waals surface area contributed by atoms with Gasteiger partial charge in [-0.2, -0.15) is 0 Å². The molecule has 0 saturated carbocycles. The molecule has 0 bridgehead atoms. The Morgan fingerprint density at radius 3 is 2.44 bits per heavy atom. The number of rotatable bonds is 7. The zero-order valence-electron chi connectivity index (χ0n) is 19.5. The first-order valence-corrected chi connectivity index (χ1v) is 11.9. The molecule has 3 aromatic carbocycles. The highest BCUT2D eigenvalue weighted by atomic mass is 16.5. The average Bonchev–Trinajstić information content (AvgIpc) is 3.34. The molecule has 1 amide bonds. The van der Waals surface area contributed by atoms with Crippen LogP contribution in [0.25, 0.3) is 16.7 Å². The number of carbonyl (C=O) groups is 1. The first-order chi connectivity index (χ1) is 16.7. The standard InChI is InChI=1S/C28H30N4O2/c1-34-24-15-11-21(12-16-24)27(31-17-5-2-6-18-31)19-29-28(33)22-9-13-23(14-10-22)32-20-30-25-7-3-4-8-26(25)32/h3-4,7-16,20,27H,2,5-6,17-19H2,1H3,(H,29,33)/t27-/m1/s1. The summed E-state index contributed by atoms with van der Waals surface area (Å²) in [5, 5.41) is 3.18. The molecule has 1 fully saturated rings. The van der Waals surface area contributed by atoms with Gasteiger partial charge in [0.05, 0.1) is 24.2 Å². The van der Waals surface area contributed by atoms with Crippen molar-refractivity contribution in [1.29, 1.82) is 0 Å². The molecule has 4 aromatic rings. The molecule has 174 valence electrons. The number of carbonyl (C=O) groups excluding carboxylic acids is 1. The van der Waals surface area contributed by atoms with Crippen molar-refractivity contribution in [1.82, 2.24) is 19.8 Å². The van der Waals surface area contributed by atoms with E-state index < -0.39 is 0 Å². The second-order valence-electron chi connectivity index (χ2n) is 8.75. The Bertz CT molecular complexity index is 1240. The Labute approximate surface area is 200 Å². The number of nitrogens with one attached hydrogen (secondary N) is 1. The molecule has 6 heteroatoms. The maximum absolute atomic E-state index is 13.0. The summed E-state index contributed by atoms with van der Waals surface area (Å²) in [5.41, 5.74) is 4.83. The molecule has 0 spiro atoms. The number of ether oxygens (including phenoxy) is 1. The van der Waals surface area contributed by atoms with Crippen molar-refractivity contribution < 1.29 is 9.53 Å². The molecule has 0 radical (unpaired) electrons. The van der Waals surface area contributed by atoms with Crippen molar-refractivity contribution in [3.8, 4) is 11.4 Å². The molecule has 6 nitrogen and oxygen atoms in total. The largest absolute Gasteiger partial charge is 0.497 e. The Kier molecular flexibility index (Phi) is 6.58. The van der Waals surface area contributed by atoms with Crippen molar-refractivity contribution in [2.45, 2.75) is 25.3 Å². The van der Waals surface area contributed by atoms with Crippen LogP contribution < -0.4 is 10.1 Å². The summed E-state index contributed by atoms with van der Waals surface area (Å²) in [5.74, 6) is 0.786. The van der Waals surface area contributed by atoms with E-state index >= 15 is 0 Å². The summed E-state index contributed by atoms with van der Waals surface area (Å²) >= 11 is 0. The van der Waals surface area contributed by atoms with Crippen LogP contribution in [-0.2, 0) is 0 Å². The van der Waals surface area contributed by atoms with E-state index in [4.69, 9.17) is 4.74 Å². The fourth-order valence-corrected chi connectivity index (χ4v) is 4.74. The molecule has 1 N–H and O–H groups in total. The van der Waals surface area contributed by atoms with E-state index in [1.54, 1.807) is 7.11 Å². The molecule has 1 aliphatic rings. The maximum atomic E-state index is 13.0. The van der Waals surface area contributed by atoms with Gasteiger partial charge in [0, 0.05) is 17.8 Å². The third kappa shape index (κ3) is 4.68. The van der Waals surface area contributed by atoms with Crippen LogP contribution in [-0.4, -0.2) is 47.1 Å². The lowest BCUT2D eigenvalue weighted by Gasteiger charge is -2.35. The lowest BCUT2D eigenvalue weighted by molar-refractivity contribution is 0.0924. The Morgan fingerprint density at radius 2 is 1.71 bits per heavy atom. The SMILES string of the molecule is COc1ccc([C@@H](CNC(=O)c2ccc(-n3cnc4ccccc43)cc2)N2CCCCC2)cc1. The highest BCUT2D eigenvalue weighted by Gasteiger charge is 2.23. The van der Waals surface area contributed by atoms with Gasteiger partial charge in [0.1, 0.15) is 12.1 Å². The first-order valence-electron chi connectivity index (χ1n) is 11.9. The summed E-state index contributed by atoms with van der Waals surface area (Å²) < 4.78 is 7.36. The molecule has 34 heavy (non-hydrogen) atoms. The summed E-state index contributed by atoms with van der Waals surface area (Å²) in [6.45, 7) is 2.68. The van der Waals surface area contributed by atoms with Gasteiger partial charge in [-0.05, 0) is 80.0 Å². The normalized spacial score (nSPS) is 15.2. The lowest BCUT2D eigenvalue weighted by atomic mass is 10.0. The zero-order chi connectivity index (χ0) is 23.3. The molecule has 1 aromatic heterocycles. The predicted octanol–water partition coefficient (Wildman–Crippen LogP) is 4.99. The van der Waals surface area contributed by atoms with Gasteiger partial charge < -0.3 is 10.1 Å². The summed E-state index contributed by atoms with van der Waals surface area (Å²) in [4.78, 5) is 19.9. The second kappa shape index (κ2) is 10.1. The molecule has 0 unspecified atom stereocenters. The minimum atomic E-state index is -0.0578. The highest BCUT2D eigenvalue weighted by Crippen LogP contribution is 2.26. The average molecular weight is 455 g/mol. The van der Waals surface area contributed by atoms with E-state index in [0.29, 0.717) is 12.1 Å². The van der Waals surface area contributed by atoms with Gasteiger partial charge >= 0.3 is 0 Å². The van der Waals surface area contributed by atoms with Crippen LogP contribution in [0.1, 0.15) is 41.2 Å². The van der Waals surface area contributed by atoms with Crippen molar-refractivity contribution in [2.24, 2.45) is 0 Å². The molecular formula is C28H30N4O2. The number of hydrogen-bond acceptors (Lipinski definition) is 4. The number of para-hydroxylation sites is 2. The van der Waals surface area contributed by atoms with Gasteiger partial charge in [-0.3, -0.25) is 14.3 Å². The molecule has 0 aliphatic carbocycles. The Morgan fingerprint density at radius 1 is 0.971 bits per heavy atom. The molecular weight excluding hydrogens is 424 g/mol. The zero-order valence-corrected chi connectivity index (χ0v) is 19.5. The number of methoxy groups -OCH3 is 1. The topological polar surface area (TPSA) is 59.4 Å². The van der Waals surface area contributed by atoms with Crippen LogP contribution in [0.4, 0.5) is 0 Å². The van der Waals surface area contributed by atoms with Gasteiger partial charge in [0.2, 0.25) is 0 Å². The fraction of sp³-hybridized carbons (Fsp3) is 0.286. The minimum Gasteiger partial charge on any atom is -0.497 e. The van der Waals surface area contributed by atoms with Gasteiger partial charge in [-0.25, -0.2) is 4.98 Å².